The fourth-order valence-electron chi connectivity index (χ4n) is 1.55. The highest BCUT2D eigenvalue weighted by atomic mass is 16.6. The van der Waals surface area contributed by atoms with Gasteiger partial charge in [-0.05, 0) is 32.9 Å². The number of esters is 1. The lowest BCUT2D eigenvalue weighted by Gasteiger charge is -2.19. The quantitative estimate of drug-likeness (QED) is 0.696. The smallest absolute Gasteiger partial charge is 0.418 e. The number of benzene rings is 1. The van der Waals surface area contributed by atoms with Crippen LogP contribution in [0.25, 0.3) is 10.9 Å². The van der Waals surface area contributed by atoms with Gasteiger partial charge in [0.1, 0.15) is 5.60 Å². The van der Waals surface area contributed by atoms with Crippen molar-refractivity contribution in [2.24, 2.45) is 0 Å². The van der Waals surface area contributed by atoms with Crippen LogP contribution in [0.15, 0.2) is 36.5 Å². The topological polar surface area (TPSA) is 57.5 Å². The maximum absolute atomic E-state index is 11.9. The molecular weight excluding hydrogens is 270 g/mol. The van der Waals surface area contributed by atoms with Crippen molar-refractivity contribution in [1.82, 2.24) is 4.57 Å². The molecule has 5 heteroatoms. The number of fused-ring (bicyclic) bond motifs is 1. The number of rotatable bonds is 0. The average molecular weight is 291 g/mol. The van der Waals surface area contributed by atoms with Gasteiger partial charge in [0.15, 0.2) is 0 Å². The first-order valence-corrected chi connectivity index (χ1v) is 6.58. The predicted octanol–water partition coefficient (Wildman–Crippen LogP) is 3.60. The Morgan fingerprint density at radius 2 is 1.67 bits per heavy atom. The Morgan fingerprint density at radius 1 is 1.10 bits per heavy atom. The van der Waals surface area contributed by atoms with Crippen molar-refractivity contribution in [2.45, 2.75) is 33.3 Å². The van der Waals surface area contributed by atoms with E-state index in [-0.39, 0.29) is 12.1 Å². The molecule has 114 valence electrons. The van der Waals surface area contributed by atoms with Crippen LogP contribution in [0.4, 0.5) is 4.79 Å². The molecule has 0 bridgehead atoms. The van der Waals surface area contributed by atoms with Crippen LogP contribution in [-0.2, 0) is 14.3 Å². The second kappa shape index (κ2) is 6.92. The van der Waals surface area contributed by atoms with E-state index < -0.39 is 5.60 Å². The monoisotopic (exact) mass is 291 g/mol. The Morgan fingerprint density at radius 3 is 2.19 bits per heavy atom. The normalized spacial score (nSPS) is 10.5. The lowest BCUT2D eigenvalue weighted by molar-refractivity contribution is -0.137. The molecule has 5 nitrogen and oxygen atoms in total. The molecule has 0 saturated heterocycles. The minimum atomic E-state index is -0.470. The van der Waals surface area contributed by atoms with Crippen LogP contribution < -0.4 is 0 Å². The van der Waals surface area contributed by atoms with E-state index in [1.54, 1.807) is 6.20 Å². The largest absolute Gasteiger partial charge is 0.469 e. The summed E-state index contributed by atoms with van der Waals surface area (Å²) in [5.74, 6) is -0.245. The lowest BCUT2D eigenvalue weighted by atomic mass is 10.2. The van der Waals surface area contributed by atoms with Crippen molar-refractivity contribution in [1.29, 1.82) is 0 Å². The maximum Gasteiger partial charge on any atom is 0.418 e. The number of ether oxygens (including phenoxy) is 2. The summed E-state index contributed by atoms with van der Waals surface area (Å²) >= 11 is 0. The summed E-state index contributed by atoms with van der Waals surface area (Å²) < 4.78 is 11.0. The summed E-state index contributed by atoms with van der Waals surface area (Å²) in [6.07, 6.45) is 1.40. The van der Waals surface area contributed by atoms with Gasteiger partial charge in [-0.2, -0.15) is 0 Å². The first-order chi connectivity index (χ1) is 9.74. The maximum atomic E-state index is 11.9. The second-order valence-electron chi connectivity index (χ2n) is 5.42. The van der Waals surface area contributed by atoms with Gasteiger partial charge in [-0.25, -0.2) is 4.79 Å². The van der Waals surface area contributed by atoms with Crippen LogP contribution in [0, 0.1) is 0 Å². The number of methoxy groups -OCH3 is 1. The van der Waals surface area contributed by atoms with Gasteiger partial charge in [0.25, 0.3) is 0 Å². The third kappa shape index (κ3) is 5.30. The molecule has 0 radical (unpaired) electrons. The van der Waals surface area contributed by atoms with Crippen molar-refractivity contribution < 1.29 is 19.1 Å². The van der Waals surface area contributed by atoms with Gasteiger partial charge < -0.3 is 9.47 Å². The van der Waals surface area contributed by atoms with Gasteiger partial charge in [0.05, 0.1) is 12.6 Å². The summed E-state index contributed by atoms with van der Waals surface area (Å²) in [6.45, 7) is 6.93. The van der Waals surface area contributed by atoms with Crippen molar-refractivity contribution in [2.75, 3.05) is 7.11 Å². The second-order valence-corrected chi connectivity index (χ2v) is 5.42. The molecule has 0 atom stereocenters. The highest BCUT2D eigenvalue weighted by Crippen LogP contribution is 2.17. The van der Waals surface area contributed by atoms with E-state index >= 15 is 0 Å². The molecule has 1 aromatic heterocycles. The number of para-hydroxylation sites is 1. The van der Waals surface area contributed by atoms with Crippen LogP contribution in [0.1, 0.15) is 27.7 Å². The van der Waals surface area contributed by atoms with Gasteiger partial charge >= 0.3 is 12.1 Å². The number of hydrogen-bond acceptors (Lipinski definition) is 4. The zero-order chi connectivity index (χ0) is 16.0. The van der Waals surface area contributed by atoms with E-state index in [4.69, 9.17) is 4.74 Å². The number of aromatic nitrogens is 1. The molecule has 21 heavy (non-hydrogen) atoms. The van der Waals surface area contributed by atoms with E-state index in [0.717, 1.165) is 10.9 Å². The molecule has 0 aliphatic carbocycles. The summed E-state index contributed by atoms with van der Waals surface area (Å²) in [5.41, 5.74) is 0.402. The fraction of sp³-hybridized carbons (Fsp3) is 0.375. The Kier molecular flexibility index (Phi) is 5.52. The molecule has 0 spiro atoms. The number of carbonyl (C=O) groups excluding carboxylic acids is 2. The summed E-state index contributed by atoms with van der Waals surface area (Å²) in [4.78, 5) is 21.5. The molecule has 0 saturated carbocycles. The zero-order valence-electron chi connectivity index (χ0n) is 13.0. The zero-order valence-corrected chi connectivity index (χ0v) is 13.0. The van der Waals surface area contributed by atoms with Gasteiger partial charge in [-0.3, -0.25) is 9.36 Å². The number of carbonyl (C=O) groups is 2. The standard InChI is InChI=1S/C13H15NO2.C3H6O2/c1-13(2,3)16-12(15)14-9-8-10-6-4-5-7-11(10)14;1-3(4)5-2/h4-9H,1-3H3;1-2H3. The van der Waals surface area contributed by atoms with Crippen molar-refractivity contribution in [3.8, 4) is 0 Å². The van der Waals surface area contributed by atoms with Crippen LogP contribution >= 0.6 is 0 Å². The van der Waals surface area contributed by atoms with Crippen molar-refractivity contribution in [3.05, 3.63) is 36.5 Å². The Balaban J connectivity index is 0.000000383. The number of nitrogens with zero attached hydrogens (tertiary/aromatic N) is 1. The first-order valence-electron chi connectivity index (χ1n) is 6.58. The van der Waals surface area contributed by atoms with E-state index in [1.165, 1.54) is 18.6 Å². The molecule has 2 rings (SSSR count). The minimum Gasteiger partial charge on any atom is -0.469 e. The molecule has 0 N–H and O–H groups in total. The Labute approximate surface area is 124 Å². The van der Waals surface area contributed by atoms with Crippen LogP contribution in [0.3, 0.4) is 0 Å². The van der Waals surface area contributed by atoms with Gasteiger partial charge in [-0.15, -0.1) is 0 Å². The highest BCUT2D eigenvalue weighted by molar-refractivity contribution is 5.89. The molecular formula is C16H21NO4. The van der Waals surface area contributed by atoms with Crippen LogP contribution in [0.5, 0.6) is 0 Å². The molecule has 0 aliphatic rings. The summed E-state index contributed by atoms with van der Waals surface area (Å²) in [6, 6.07) is 9.62. The van der Waals surface area contributed by atoms with Crippen molar-refractivity contribution >= 4 is 23.0 Å². The molecule has 0 aliphatic heterocycles. The third-order valence-corrected chi connectivity index (χ3v) is 2.48. The van der Waals surface area contributed by atoms with E-state index in [1.807, 2.05) is 51.1 Å². The summed E-state index contributed by atoms with van der Waals surface area (Å²) in [5, 5.41) is 1.04. The molecule has 0 fully saturated rings. The van der Waals surface area contributed by atoms with Gasteiger partial charge in [0.2, 0.25) is 0 Å². The first kappa shape index (κ1) is 16.8. The molecule has 1 aromatic carbocycles. The van der Waals surface area contributed by atoms with E-state index in [9.17, 15) is 9.59 Å². The number of hydrogen-bond donors (Lipinski definition) is 0. The summed E-state index contributed by atoms with van der Waals surface area (Å²) in [7, 11) is 1.35. The molecule has 0 unspecified atom stereocenters. The van der Waals surface area contributed by atoms with Crippen LogP contribution in [0.2, 0.25) is 0 Å². The van der Waals surface area contributed by atoms with E-state index in [0.29, 0.717) is 0 Å². The molecule has 0 amide bonds. The molecule has 1 heterocycles. The van der Waals surface area contributed by atoms with Gasteiger partial charge in [-0.1, -0.05) is 18.2 Å². The average Bonchev–Trinajstić information content (AvgIpc) is 2.81. The Bertz CT molecular complexity index is 622. The van der Waals surface area contributed by atoms with E-state index in [2.05, 4.69) is 4.74 Å². The SMILES string of the molecule is CC(C)(C)OC(=O)n1ccc2ccccc21.COC(C)=O. The van der Waals surface area contributed by atoms with Crippen molar-refractivity contribution in [3.63, 3.8) is 0 Å². The fourth-order valence-corrected chi connectivity index (χ4v) is 1.55. The third-order valence-electron chi connectivity index (χ3n) is 2.48. The Hall–Kier alpha value is -2.30. The molecule has 2 aromatic rings. The van der Waals surface area contributed by atoms with Gasteiger partial charge in [0, 0.05) is 18.5 Å². The lowest BCUT2D eigenvalue weighted by Crippen LogP contribution is -2.26. The highest BCUT2D eigenvalue weighted by Gasteiger charge is 2.18. The van der Waals surface area contributed by atoms with Crippen LogP contribution in [-0.4, -0.2) is 29.3 Å². The predicted molar refractivity (Wildman–Crippen MR) is 81.3 cm³/mol. The minimum absolute atomic E-state index is 0.245.